The predicted octanol–water partition coefficient (Wildman–Crippen LogP) is 7.72. The molecule has 0 saturated heterocycles. The Hall–Kier alpha value is 0. The second-order valence-electron chi connectivity index (χ2n) is 6.86. The highest BCUT2D eigenvalue weighted by Gasteiger charge is 1.96. The summed E-state index contributed by atoms with van der Waals surface area (Å²) in [4.78, 5) is 0. The second kappa shape index (κ2) is 17.1. The maximum atomic E-state index is 2.46. The van der Waals surface area contributed by atoms with Crippen molar-refractivity contribution in [2.45, 2.75) is 117 Å². The summed E-state index contributed by atoms with van der Waals surface area (Å²) in [6.07, 6.45) is 24.2. The molecule has 0 nitrogen and oxygen atoms in total. The molecule has 1 radical (unpaired) electrons. The Morgan fingerprint density at radius 2 is 0.900 bits per heavy atom. The van der Waals surface area contributed by atoms with Gasteiger partial charge in [-0.15, -0.1) is 0 Å². The van der Waals surface area contributed by atoms with Crippen LogP contribution in [0.4, 0.5) is 0 Å². The van der Waals surface area contributed by atoms with E-state index in [9.17, 15) is 0 Å². The Bertz CT molecular complexity index is 159. The van der Waals surface area contributed by atoms with Crippen molar-refractivity contribution >= 4 is 0 Å². The Morgan fingerprint density at radius 1 is 0.550 bits per heavy atom. The Balaban J connectivity index is 2.92. The third kappa shape index (κ3) is 18.0. The van der Waals surface area contributed by atoms with E-state index in [4.69, 9.17) is 0 Å². The Labute approximate surface area is 130 Å². The molecule has 0 aromatic carbocycles. The number of rotatable bonds is 16. The molecule has 121 valence electrons. The van der Waals surface area contributed by atoms with Gasteiger partial charge in [0.2, 0.25) is 0 Å². The fourth-order valence-corrected chi connectivity index (χ4v) is 2.79. The van der Waals surface area contributed by atoms with E-state index in [2.05, 4.69) is 27.2 Å². The Kier molecular flexibility index (Phi) is 17.1. The van der Waals surface area contributed by atoms with E-state index in [1.165, 1.54) is 96.3 Å². The summed E-state index contributed by atoms with van der Waals surface area (Å²) in [5.41, 5.74) is 0. The molecule has 0 atom stereocenters. The van der Waals surface area contributed by atoms with E-state index >= 15 is 0 Å². The highest BCUT2D eigenvalue weighted by Crippen LogP contribution is 2.14. The standard InChI is InChI=1S/C20H41/c1-4-5-6-7-8-9-10-11-12-13-14-15-16-17-18-19-20(2)3/h19-20H,4-18H2,1-3H3. The molecule has 0 unspecified atom stereocenters. The SMILES string of the molecule is CCCCCCCCCCCCCCCC[CH]C(C)C. The number of hydrogen-bond acceptors (Lipinski definition) is 0. The van der Waals surface area contributed by atoms with Crippen LogP contribution in [-0.2, 0) is 0 Å². The first kappa shape index (κ1) is 20.0. The number of hydrogen-bond donors (Lipinski definition) is 0. The average Bonchev–Trinajstić information content (AvgIpc) is 2.43. The fraction of sp³-hybridized carbons (Fsp3) is 0.950. The normalized spacial score (nSPS) is 11.4. The largest absolute Gasteiger partial charge is 0.0654 e. The molecular weight excluding hydrogens is 240 g/mol. The molecule has 20 heavy (non-hydrogen) atoms. The molecule has 0 amide bonds. The van der Waals surface area contributed by atoms with Gasteiger partial charge in [0.25, 0.3) is 0 Å². The lowest BCUT2D eigenvalue weighted by Crippen LogP contribution is -1.88. The summed E-state index contributed by atoms with van der Waals surface area (Å²) in [6.45, 7) is 6.86. The molecule has 0 spiro atoms. The third-order valence-corrected chi connectivity index (χ3v) is 4.20. The maximum Gasteiger partial charge on any atom is -0.0360 e. The van der Waals surface area contributed by atoms with Gasteiger partial charge in [-0.25, -0.2) is 0 Å². The summed E-state index contributed by atoms with van der Waals surface area (Å²) in [7, 11) is 0. The van der Waals surface area contributed by atoms with E-state index in [-0.39, 0.29) is 0 Å². The maximum absolute atomic E-state index is 2.46. The van der Waals surface area contributed by atoms with Crippen LogP contribution in [-0.4, -0.2) is 0 Å². The molecule has 0 N–H and O–H groups in total. The van der Waals surface area contributed by atoms with Crippen molar-refractivity contribution in [2.75, 3.05) is 0 Å². The van der Waals surface area contributed by atoms with Gasteiger partial charge in [-0.2, -0.15) is 0 Å². The number of unbranched alkanes of at least 4 members (excludes halogenated alkanes) is 14. The smallest absolute Gasteiger partial charge is 0.0360 e. The topological polar surface area (TPSA) is 0 Å². The van der Waals surface area contributed by atoms with Crippen LogP contribution in [0.5, 0.6) is 0 Å². The zero-order chi connectivity index (χ0) is 14.9. The average molecular weight is 282 g/mol. The summed E-state index contributed by atoms with van der Waals surface area (Å²) < 4.78 is 0. The zero-order valence-electron chi connectivity index (χ0n) is 14.8. The lowest BCUT2D eigenvalue weighted by atomic mass is 10.0. The van der Waals surface area contributed by atoms with Crippen molar-refractivity contribution in [3.05, 3.63) is 6.42 Å². The summed E-state index contributed by atoms with van der Waals surface area (Å²) in [5.74, 6) is 0.775. The molecule has 0 saturated carbocycles. The first-order valence-corrected chi connectivity index (χ1v) is 9.60. The zero-order valence-corrected chi connectivity index (χ0v) is 14.8. The van der Waals surface area contributed by atoms with Crippen LogP contribution in [0.25, 0.3) is 0 Å². The molecule has 0 aliphatic heterocycles. The molecule has 0 rings (SSSR count). The van der Waals surface area contributed by atoms with Gasteiger partial charge in [-0.05, 0) is 18.8 Å². The van der Waals surface area contributed by atoms with Gasteiger partial charge in [-0.1, -0.05) is 111 Å². The van der Waals surface area contributed by atoms with Crippen LogP contribution in [0.2, 0.25) is 0 Å². The van der Waals surface area contributed by atoms with Gasteiger partial charge in [0.05, 0.1) is 0 Å². The molecule has 0 aliphatic rings. The van der Waals surface area contributed by atoms with Gasteiger partial charge in [0.15, 0.2) is 0 Å². The van der Waals surface area contributed by atoms with Gasteiger partial charge < -0.3 is 0 Å². The predicted molar refractivity (Wildman–Crippen MR) is 94.1 cm³/mol. The van der Waals surface area contributed by atoms with Crippen LogP contribution in [0.15, 0.2) is 0 Å². The molecular formula is C20H41. The minimum Gasteiger partial charge on any atom is -0.0654 e. The van der Waals surface area contributed by atoms with Crippen molar-refractivity contribution in [3.8, 4) is 0 Å². The Morgan fingerprint density at radius 3 is 1.25 bits per heavy atom. The lowest BCUT2D eigenvalue weighted by Gasteiger charge is -2.04. The van der Waals surface area contributed by atoms with Crippen molar-refractivity contribution in [3.63, 3.8) is 0 Å². The first-order valence-electron chi connectivity index (χ1n) is 9.60. The molecule has 0 heterocycles. The monoisotopic (exact) mass is 281 g/mol. The highest BCUT2D eigenvalue weighted by atomic mass is 14.0. The minimum atomic E-state index is 0.775. The quantitative estimate of drug-likeness (QED) is 0.254. The molecule has 0 heteroatoms. The van der Waals surface area contributed by atoms with E-state index in [0.717, 1.165) is 5.92 Å². The van der Waals surface area contributed by atoms with Crippen LogP contribution in [0.3, 0.4) is 0 Å². The van der Waals surface area contributed by atoms with Crippen molar-refractivity contribution in [1.82, 2.24) is 0 Å². The molecule has 0 fully saturated rings. The van der Waals surface area contributed by atoms with Crippen LogP contribution in [0, 0.1) is 12.3 Å². The minimum absolute atomic E-state index is 0.775. The van der Waals surface area contributed by atoms with Crippen molar-refractivity contribution in [1.29, 1.82) is 0 Å². The van der Waals surface area contributed by atoms with Crippen molar-refractivity contribution in [2.24, 2.45) is 5.92 Å². The molecule has 0 aliphatic carbocycles. The third-order valence-electron chi connectivity index (χ3n) is 4.20. The second-order valence-corrected chi connectivity index (χ2v) is 6.86. The highest BCUT2D eigenvalue weighted by molar-refractivity contribution is 4.68. The van der Waals surface area contributed by atoms with E-state index < -0.39 is 0 Å². The summed E-state index contributed by atoms with van der Waals surface area (Å²) >= 11 is 0. The van der Waals surface area contributed by atoms with E-state index in [1.54, 1.807) is 0 Å². The van der Waals surface area contributed by atoms with Gasteiger partial charge >= 0.3 is 0 Å². The molecule has 0 bridgehead atoms. The lowest BCUT2D eigenvalue weighted by molar-refractivity contribution is 0.532. The van der Waals surface area contributed by atoms with Gasteiger partial charge in [0, 0.05) is 0 Å². The van der Waals surface area contributed by atoms with Gasteiger partial charge in [-0.3, -0.25) is 0 Å². The summed E-state index contributed by atoms with van der Waals surface area (Å²) in [6, 6.07) is 0. The van der Waals surface area contributed by atoms with Gasteiger partial charge in [0.1, 0.15) is 0 Å². The first-order chi connectivity index (χ1) is 9.77. The van der Waals surface area contributed by atoms with Crippen LogP contribution in [0.1, 0.15) is 117 Å². The summed E-state index contributed by atoms with van der Waals surface area (Å²) in [5, 5.41) is 0. The van der Waals surface area contributed by atoms with Crippen LogP contribution < -0.4 is 0 Å². The fourth-order valence-electron chi connectivity index (χ4n) is 2.79. The van der Waals surface area contributed by atoms with Crippen molar-refractivity contribution < 1.29 is 0 Å². The molecule has 0 aromatic heterocycles. The van der Waals surface area contributed by atoms with Crippen LogP contribution >= 0.6 is 0 Å². The molecule has 0 aromatic rings. The van der Waals surface area contributed by atoms with E-state index in [1.807, 2.05) is 0 Å². The van der Waals surface area contributed by atoms with E-state index in [0.29, 0.717) is 0 Å².